The van der Waals surface area contributed by atoms with E-state index in [0.29, 0.717) is 6.10 Å². The summed E-state index contributed by atoms with van der Waals surface area (Å²) in [6.45, 7) is 13.3. The molecule has 0 aliphatic carbocycles. The van der Waals surface area contributed by atoms with Crippen molar-refractivity contribution in [2.24, 2.45) is 5.92 Å². The molecule has 0 aromatic rings. The molecule has 0 atom stereocenters. The number of likely N-dealkylation sites (tertiary alicyclic amines) is 2. The molecule has 2 rings (SSSR count). The molecule has 3 heteroatoms. The molecule has 0 spiro atoms. The highest BCUT2D eigenvalue weighted by Gasteiger charge is 2.22. The van der Waals surface area contributed by atoms with Crippen molar-refractivity contribution in [3.63, 3.8) is 0 Å². The molecule has 2 fully saturated rings. The Hall–Kier alpha value is -0.120. The van der Waals surface area contributed by atoms with Crippen molar-refractivity contribution in [1.29, 1.82) is 0 Å². The molecule has 0 aromatic heterocycles. The molecular formula is C14H30N2O. The molecule has 102 valence electrons. The second kappa shape index (κ2) is 8.06. The zero-order chi connectivity index (χ0) is 12.7. The molecule has 17 heavy (non-hydrogen) atoms. The van der Waals surface area contributed by atoms with Crippen LogP contribution in [0.1, 0.15) is 33.6 Å². The van der Waals surface area contributed by atoms with Gasteiger partial charge in [-0.05, 0) is 25.8 Å². The fraction of sp³-hybridized carbons (Fsp3) is 1.00. The van der Waals surface area contributed by atoms with Crippen LogP contribution in [0.25, 0.3) is 0 Å². The van der Waals surface area contributed by atoms with Crippen LogP contribution < -0.4 is 0 Å². The fourth-order valence-electron chi connectivity index (χ4n) is 2.51. The maximum absolute atomic E-state index is 5.90. The van der Waals surface area contributed by atoms with E-state index < -0.39 is 0 Å². The Morgan fingerprint density at radius 3 is 2.24 bits per heavy atom. The average Bonchev–Trinajstić information content (AvgIpc) is 2.32. The molecule has 2 aliphatic rings. The molecule has 0 aromatic carbocycles. The summed E-state index contributed by atoms with van der Waals surface area (Å²) in [7, 11) is 2.19. The summed E-state index contributed by atoms with van der Waals surface area (Å²) in [6.07, 6.45) is 2.96. The summed E-state index contributed by atoms with van der Waals surface area (Å²) in [4.78, 5) is 4.87. The van der Waals surface area contributed by atoms with Gasteiger partial charge >= 0.3 is 0 Å². The zero-order valence-electron chi connectivity index (χ0n) is 12.1. The van der Waals surface area contributed by atoms with Crippen LogP contribution in [0.15, 0.2) is 0 Å². The van der Waals surface area contributed by atoms with Crippen LogP contribution in [0.2, 0.25) is 0 Å². The maximum Gasteiger partial charge on any atom is 0.0600 e. The van der Waals surface area contributed by atoms with Crippen LogP contribution in [0.3, 0.4) is 0 Å². The Morgan fingerprint density at radius 1 is 1.12 bits per heavy atom. The highest BCUT2D eigenvalue weighted by Crippen LogP contribution is 2.15. The van der Waals surface area contributed by atoms with Crippen molar-refractivity contribution >= 4 is 0 Å². The standard InChI is InChI=1S/C12H24N2O.C2H6/c1-11-9-14(10-11)7-8-15-12-3-5-13(2)6-4-12;1-2/h11-12H,3-10H2,1-2H3;1-2H3. The third-order valence-corrected chi connectivity index (χ3v) is 3.57. The van der Waals surface area contributed by atoms with Gasteiger partial charge in [-0.2, -0.15) is 0 Å². The van der Waals surface area contributed by atoms with E-state index >= 15 is 0 Å². The van der Waals surface area contributed by atoms with Crippen LogP contribution in [0.5, 0.6) is 0 Å². The monoisotopic (exact) mass is 242 g/mol. The summed E-state index contributed by atoms with van der Waals surface area (Å²) < 4.78 is 5.90. The summed E-state index contributed by atoms with van der Waals surface area (Å²) >= 11 is 0. The molecule has 0 radical (unpaired) electrons. The first-order chi connectivity index (χ1) is 8.24. The molecule has 2 heterocycles. The van der Waals surface area contributed by atoms with E-state index in [1.54, 1.807) is 0 Å². The minimum Gasteiger partial charge on any atom is -0.377 e. The Balaban J connectivity index is 0.000000686. The molecule has 2 saturated heterocycles. The molecule has 0 saturated carbocycles. The van der Waals surface area contributed by atoms with E-state index in [-0.39, 0.29) is 0 Å². The van der Waals surface area contributed by atoms with Gasteiger partial charge in [0.2, 0.25) is 0 Å². The fourth-order valence-corrected chi connectivity index (χ4v) is 2.51. The normalized spacial score (nSPS) is 24.0. The summed E-state index contributed by atoms with van der Waals surface area (Å²) in [5.74, 6) is 0.910. The molecule has 2 aliphatic heterocycles. The predicted molar refractivity (Wildman–Crippen MR) is 73.4 cm³/mol. The van der Waals surface area contributed by atoms with E-state index in [2.05, 4.69) is 23.8 Å². The van der Waals surface area contributed by atoms with Crippen molar-refractivity contribution in [2.75, 3.05) is 46.4 Å². The molecular weight excluding hydrogens is 212 g/mol. The first kappa shape index (κ1) is 14.9. The lowest BCUT2D eigenvalue weighted by Gasteiger charge is -2.37. The summed E-state index contributed by atoms with van der Waals surface area (Å²) in [5.41, 5.74) is 0. The average molecular weight is 242 g/mol. The molecule has 0 bridgehead atoms. The highest BCUT2D eigenvalue weighted by atomic mass is 16.5. The third-order valence-electron chi connectivity index (χ3n) is 3.57. The van der Waals surface area contributed by atoms with E-state index in [1.807, 2.05) is 13.8 Å². The lowest BCUT2D eigenvalue weighted by Crippen LogP contribution is -2.47. The second-order valence-electron chi connectivity index (χ2n) is 5.24. The quantitative estimate of drug-likeness (QED) is 0.750. The Kier molecular flexibility index (Phi) is 7.09. The van der Waals surface area contributed by atoms with Gasteiger partial charge in [0.05, 0.1) is 12.7 Å². The number of piperidine rings is 1. The van der Waals surface area contributed by atoms with Crippen LogP contribution in [0.4, 0.5) is 0 Å². The van der Waals surface area contributed by atoms with Crippen LogP contribution in [-0.4, -0.2) is 62.3 Å². The van der Waals surface area contributed by atoms with Gasteiger partial charge in [0, 0.05) is 32.7 Å². The largest absolute Gasteiger partial charge is 0.377 e. The van der Waals surface area contributed by atoms with Gasteiger partial charge in [-0.25, -0.2) is 0 Å². The number of nitrogens with zero attached hydrogens (tertiary/aromatic N) is 2. The van der Waals surface area contributed by atoms with E-state index in [0.717, 1.165) is 19.1 Å². The van der Waals surface area contributed by atoms with Crippen LogP contribution >= 0.6 is 0 Å². The minimum absolute atomic E-state index is 0.528. The van der Waals surface area contributed by atoms with Gasteiger partial charge in [-0.15, -0.1) is 0 Å². The van der Waals surface area contributed by atoms with Crippen molar-refractivity contribution < 1.29 is 4.74 Å². The van der Waals surface area contributed by atoms with Crippen molar-refractivity contribution in [2.45, 2.75) is 39.7 Å². The predicted octanol–water partition coefficient (Wildman–Crippen LogP) is 2.08. The first-order valence-electron chi connectivity index (χ1n) is 7.26. The minimum atomic E-state index is 0.528. The number of hydrogen-bond acceptors (Lipinski definition) is 3. The lowest BCUT2D eigenvalue weighted by atomic mass is 10.0. The molecule has 3 nitrogen and oxygen atoms in total. The molecule has 0 unspecified atom stereocenters. The highest BCUT2D eigenvalue weighted by molar-refractivity contribution is 4.76. The van der Waals surface area contributed by atoms with Gasteiger partial charge in [-0.3, -0.25) is 0 Å². The van der Waals surface area contributed by atoms with E-state index in [9.17, 15) is 0 Å². The first-order valence-corrected chi connectivity index (χ1v) is 7.26. The van der Waals surface area contributed by atoms with Gasteiger partial charge in [0.1, 0.15) is 0 Å². The summed E-state index contributed by atoms with van der Waals surface area (Å²) in [5, 5.41) is 0. The topological polar surface area (TPSA) is 15.7 Å². The number of rotatable bonds is 4. The Bertz CT molecular complexity index is 185. The SMILES string of the molecule is CC.CC1CN(CCOC2CCN(C)CC2)C1. The van der Waals surface area contributed by atoms with Crippen LogP contribution in [-0.2, 0) is 4.74 Å². The van der Waals surface area contributed by atoms with Gasteiger partial charge in [0.25, 0.3) is 0 Å². The Labute approximate surface area is 107 Å². The number of ether oxygens (including phenoxy) is 1. The van der Waals surface area contributed by atoms with Crippen molar-refractivity contribution in [3.05, 3.63) is 0 Å². The molecule has 0 N–H and O–H groups in total. The lowest BCUT2D eigenvalue weighted by molar-refractivity contribution is -0.0112. The zero-order valence-corrected chi connectivity index (χ0v) is 12.1. The smallest absolute Gasteiger partial charge is 0.0600 e. The van der Waals surface area contributed by atoms with Crippen molar-refractivity contribution in [3.8, 4) is 0 Å². The maximum atomic E-state index is 5.90. The van der Waals surface area contributed by atoms with Crippen LogP contribution in [0, 0.1) is 5.92 Å². The van der Waals surface area contributed by atoms with Gasteiger partial charge in [0.15, 0.2) is 0 Å². The molecule has 0 amide bonds. The van der Waals surface area contributed by atoms with Crippen molar-refractivity contribution in [1.82, 2.24) is 9.80 Å². The van der Waals surface area contributed by atoms with Gasteiger partial charge < -0.3 is 14.5 Å². The van der Waals surface area contributed by atoms with E-state index in [4.69, 9.17) is 4.74 Å². The van der Waals surface area contributed by atoms with Gasteiger partial charge in [-0.1, -0.05) is 20.8 Å². The summed E-state index contributed by atoms with van der Waals surface area (Å²) in [6, 6.07) is 0. The Morgan fingerprint density at radius 2 is 1.71 bits per heavy atom. The third kappa shape index (κ3) is 5.36. The second-order valence-corrected chi connectivity index (χ2v) is 5.24. The number of hydrogen-bond donors (Lipinski definition) is 0. The van der Waals surface area contributed by atoms with E-state index in [1.165, 1.54) is 39.0 Å².